The van der Waals surface area contributed by atoms with Gasteiger partial charge in [-0.2, -0.15) is 5.26 Å². The van der Waals surface area contributed by atoms with E-state index in [1.165, 1.54) is 0 Å². The Kier molecular flexibility index (Phi) is 3.75. The van der Waals surface area contributed by atoms with Crippen molar-refractivity contribution in [3.8, 4) is 6.07 Å². The maximum Gasteiger partial charge on any atom is 0.251 e. The SMILES string of the molecule is CC(C(=O)Nc1ccc(CC#N)cc1)=C1CNC1. The topological polar surface area (TPSA) is 64.9 Å². The molecule has 2 N–H and O–H groups in total. The number of benzene rings is 1. The highest BCUT2D eigenvalue weighted by molar-refractivity contribution is 6.04. The lowest BCUT2D eigenvalue weighted by Crippen LogP contribution is -2.36. The molecule has 0 unspecified atom stereocenters. The van der Waals surface area contributed by atoms with Crippen molar-refractivity contribution >= 4 is 11.6 Å². The lowest BCUT2D eigenvalue weighted by Gasteiger charge is -2.21. The summed E-state index contributed by atoms with van der Waals surface area (Å²) in [6.45, 7) is 3.45. The Morgan fingerprint density at radius 1 is 1.39 bits per heavy atom. The molecule has 18 heavy (non-hydrogen) atoms. The summed E-state index contributed by atoms with van der Waals surface area (Å²) in [5, 5.41) is 14.5. The molecule has 1 aliphatic heterocycles. The number of nitriles is 1. The molecule has 2 rings (SSSR count). The molecule has 4 nitrogen and oxygen atoms in total. The van der Waals surface area contributed by atoms with Gasteiger partial charge >= 0.3 is 0 Å². The van der Waals surface area contributed by atoms with E-state index in [1.807, 2.05) is 31.2 Å². The average Bonchev–Trinajstić information content (AvgIpc) is 2.29. The highest BCUT2D eigenvalue weighted by Gasteiger charge is 2.15. The molecule has 0 atom stereocenters. The number of rotatable bonds is 3. The van der Waals surface area contributed by atoms with Gasteiger partial charge in [-0.15, -0.1) is 0 Å². The van der Waals surface area contributed by atoms with Gasteiger partial charge in [0.2, 0.25) is 0 Å². The molecule has 1 amide bonds. The van der Waals surface area contributed by atoms with Crippen molar-refractivity contribution in [2.24, 2.45) is 0 Å². The van der Waals surface area contributed by atoms with Crippen LogP contribution in [0.15, 0.2) is 35.4 Å². The van der Waals surface area contributed by atoms with Crippen molar-refractivity contribution in [1.29, 1.82) is 5.26 Å². The number of nitrogens with zero attached hydrogens (tertiary/aromatic N) is 1. The van der Waals surface area contributed by atoms with Gasteiger partial charge in [0.1, 0.15) is 0 Å². The Bertz CT molecular complexity index is 517. The first-order valence-corrected chi connectivity index (χ1v) is 5.87. The lowest BCUT2D eigenvalue weighted by atomic mass is 10.0. The van der Waals surface area contributed by atoms with Crippen LogP contribution >= 0.6 is 0 Å². The molecular weight excluding hydrogens is 226 g/mol. The predicted octanol–water partition coefficient (Wildman–Crippen LogP) is 1.61. The monoisotopic (exact) mass is 241 g/mol. The van der Waals surface area contributed by atoms with E-state index in [0.717, 1.165) is 35.5 Å². The zero-order valence-corrected chi connectivity index (χ0v) is 10.3. The molecule has 0 saturated carbocycles. The molecule has 1 aliphatic rings. The third kappa shape index (κ3) is 2.76. The van der Waals surface area contributed by atoms with Gasteiger partial charge in [0.25, 0.3) is 5.91 Å². The van der Waals surface area contributed by atoms with Crippen molar-refractivity contribution in [3.05, 3.63) is 41.0 Å². The summed E-state index contributed by atoms with van der Waals surface area (Å²) in [4.78, 5) is 11.9. The highest BCUT2D eigenvalue weighted by atomic mass is 16.1. The van der Waals surface area contributed by atoms with Crippen LogP contribution in [0.1, 0.15) is 12.5 Å². The summed E-state index contributed by atoms with van der Waals surface area (Å²) >= 11 is 0. The van der Waals surface area contributed by atoms with Crippen LogP contribution in [0, 0.1) is 11.3 Å². The number of nitrogens with one attached hydrogen (secondary N) is 2. The zero-order valence-electron chi connectivity index (χ0n) is 10.3. The van der Waals surface area contributed by atoms with Crippen molar-refractivity contribution in [2.45, 2.75) is 13.3 Å². The standard InChI is InChI=1S/C14H15N3O/c1-10(12-8-16-9-12)14(18)17-13-4-2-11(3-5-13)6-7-15/h2-5,16H,6,8-9H2,1H3,(H,17,18). The molecule has 4 heteroatoms. The van der Waals surface area contributed by atoms with E-state index in [2.05, 4.69) is 16.7 Å². The van der Waals surface area contributed by atoms with Crippen molar-refractivity contribution in [3.63, 3.8) is 0 Å². The number of carbonyl (C=O) groups excluding carboxylic acids is 1. The largest absolute Gasteiger partial charge is 0.322 e. The molecule has 92 valence electrons. The molecule has 1 heterocycles. The quantitative estimate of drug-likeness (QED) is 0.790. The molecule has 0 bridgehead atoms. The van der Waals surface area contributed by atoms with Gasteiger partial charge in [-0.05, 0) is 30.2 Å². The summed E-state index contributed by atoms with van der Waals surface area (Å²) in [7, 11) is 0. The molecule has 0 aliphatic carbocycles. The summed E-state index contributed by atoms with van der Waals surface area (Å²) in [5.41, 5.74) is 3.66. The van der Waals surface area contributed by atoms with E-state index >= 15 is 0 Å². The summed E-state index contributed by atoms with van der Waals surface area (Å²) < 4.78 is 0. The Balaban J connectivity index is 2.01. The second-order valence-corrected chi connectivity index (χ2v) is 4.32. The fourth-order valence-corrected chi connectivity index (χ4v) is 1.70. The van der Waals surface area contributed by atoms with E-state index in [9.17, 15) is 4.79 Å². The van der Waals surface area contributed by atoms with Crippen LogP contribution in [-0.2, 0) is 11.2 Å². The Hall–Kier alpha value is -2.12. The Morgan fingerprint density at radius 2 is 2.06 bits per heavy atom. The van der Waals surface area contributed by atoms with Gasteiger partial charge in [0.05, 0.1) is 12.5 Å². The van der Waals surface area contributed by atoms with E-state index in [-0.39, 0.29) is 5.91 Å². The molecule has 1 aromatic carbocycles. The Morgan fingerprint density at radius 3 is 2.56 bits per heavy atom. The highest BCUT2D eigenvalue weighted by Crippen LogP contribution is 2.14. The van der Waals surface area contributed by atoms with Crippen molar-refractivity contribution in [2.75, 3.05) is 18.4 Å². The van der Waals surface area contributed by atoms with Gasteiger partial charge in [-0.25, -0.2) is 0 Å². The number of amides is 1. The van der Waals surface area contributed by atoms with Crippen molar-refractivity contribution < 1.29 is 4.79 Å². The molecule has 1 saturated heterocycles. The molecule has 1 aromatic rings. The van der Waals surface area contributed by atoms with Crippen LogP contribution in [-0.4, -0.2) is 19.0 Å². The van der Waals surface area contributed by atoms with Crippen LogP contribution in [0.5, 0.6) is 0 Å². The maximum absolute atomic E-state index is 11.9. The number of carbonyl (C=O) groups is 1. The van der Waals surface area contributed by atoms with Crippen LogP contribution in [0.3, 0.4) is 0 Å². The first-order chi connectivity index (χ1) is 8.70. The summed E-state index contributed by atoms with van der Waals surface area (Å²) in [6, 6.07) is 9.44. The minimum absolute atomic E-state index is 0.0560. The van der Waals surface area contributed by atoms with Crippen LogP contribution < -0.4 is 10.6 Å². The number of hydrogen-bond acceptors (Lipinski definition) is 3. The molecular formula is C14H15N3O. The van der Waals surface area contributed by atoms with E-state index in [1.54, 1.807) is 0 Å². The van der Waals surface area contributed by atoms with E-state index in [4.69, 9.17) is 5.26 Å². The summed E-state index contributed by atoms with van der Waals surface area (Å²) in [5.74, 6) is -0.0560. The van der Waals surface area contributed by atoms with E-state index < -0.39 is 0 Å². The smallest absolute Gasteiger partial charge is 0.251 e. The minimum atomic E-state index is -0.0560. The van der Waals surface area contributed by atoms with Gasteiger partial charge < -0.3 is 10.6 Å². The third-order valence-electron chi connectivity index (χ3n) is 3.04. The lowest BCUT2D eigenvalue weighted by molar-refractivity contribution is -0.112. The molecule has 0 spiro atoms. The van der Waals surface area contributed by atoms with Gasteiger partial charge in [-0.3, -0.25) is 4.79 Å². The summed E-state index contributed by atoms with van der Waals surface area (Å²) in [6.07, 6.45) is 0.392. The van der Waals surface area contributed by atoms with Gasteiger partial charge in [0, 0.05) is 24.4 Å². The van der Waals surface area contributed by atoms with Crippen LogP contribution in [0.25, 0.3) is 0 Å². The number of anilines is 1. The molecule has 1 fully saturated rings. The maximum atomic E-state index is 11.9. The van der Waals surface area contributed by atoms with Gasteiger partial charge in [-0.1, -0.05) is 12.1 Å². The average molecular weight is 241 g/mol. The fourth-order valence-electron chi connectivity index (χ4n) is 1.70. The number of hydrogen-bond donors (Lipinski definition) is 2. The minimum Gasteiger partial charge on any atom is -0.322 e. The molecule has 0 radical (unpaired) electrons. The van der Waals surface area contributed by atoms with Crippen molar-refractivity contribution in [1.82, 2.24) is 5.32 Å². The normalized spacial score (nSPS) is 13.4. The third-order valence-corrected chi connectivity index (χ3v) is 3.04. The van der Waals surface area contributed by atoms with Gasteiger partial charge in [0.15, 0.2) is 0 Å². The fraction of sp³-hybridized carbons (Fsp3) is 0.286. The van der Waals surface area contributed by atoms with Crippen LogP contribution in [0.2, 0.25) is 0 Å². The first-order valence-electron chi connectivity index (χ1n) is 5.87. The Labute approximate surface area is 106 Å². The van der Waals surface area contributed by atoms with Crippen LogP contribution in [0.4, 0.5) is 5.69 Å². The van der Waals surface area contributed by atoms with E-state index in [0.29, 0.717) is 6.42 Å². The second kappa shape index (κ2) is 5.48. The molecule has 0 aromatic heterocycles. The predicted molar refractivity (Wildman–Crippen MR) is 70.0 cm³/mol. The second-order valence-electron chi connectivity index (χ2n) is 4.32. The zero-order chi connectivity index (χ0) is 13.0. The first kappa shape index (κ1) is 12.3.